The highest BCUT2D eigenvalue weighted by Crippen LogP contribution is 2.09. The predicted molar refractivity (Wildman–Crippen MR) is 63.2 cm³/mol. The van der Waals surface area contributed by atoms with Gasteiger partial charge in [-0.05, 0) is 6.42 Å². The van der Waals surface area contributed by atoms with Crippen molar-refractivity contribution in [2.45, 2.75) is 11.8 Å². The molecular weight excluding hydrogens is 230 g/mol. The van der Waals surface area contributed by atoms with E-state index < -0.39 is 0 Å². The topological polar surface area (TPSA) is 56.3 Å². The number of nitrogens with one attached hydrogen (secondary N) is 1. The lowest BCUT2D eigenvalue weighted by molar-refractivity contribution is 0.196. The standard InChI is InChI=1S/C10H16ClN3O2/c1-15-7-8(11)3-4-13-9-5-12-6-10(14-9)16-2/h5-6,8H,3-4,7H2,1-2H3,(H,13,14). The van der Waals surface area contributed by atoms with Crippen LogP contribution in [0.2, 0.25) is 0 Å². The van der Waals surface area contributed by atoms with E-state index in [0.717, 1.165) is 13.0 Å². The summed E-state index contributed by atoms with van der Waals surface area (Å²) in [6, 6.07) is 0. The van der Waals surface area contributed by atoms with Crippen LogP contribution >= 0.6 is 11.6 Å². The van der Waals surface area contributed by atoms with Crippen LogP contribution in [-0.2, 0) is 4.74 Å². The van der Waals surface area contributed by atoms with Gasteiger partial charge in [0.15, 0.2) is 0 Å². The molecule has 5 nitrogen and oxygen atoms in total. The van der Waals surface area contributed by atoms with Gasteiger partial charge in [-0.15, -0.1) is 11.6 Å². The van der Waals surface area contributed by atoms with Gasteiger partial charge < -0.3 is 14.8 Å². The number of hydrogen-bond donors (Lipinski definition) is 1. The van der Waals surface area contributed by atoms with Crippen LogP contribution in [0.25, 0.3) is 0 Å². The van der Waals surface area contributed by atoms with Gasteiger partial charge in [0.1, 0.15) is 5.82 Å². The Hall–Kier alpha value is -1.07. The van der Waals surface area contributed by atoms with Crippen molar-refractivity contribution in [3.63, 3.8) is 0 Å². The Labute approximate surface area is 100 Å². The smallest absolute Gasteiger partial charge is 0.233 e. The first-order valence-electron chi connectivity index (χ1n) is 4.99. The number of hydrogen-bond acceptors (Lipinski definition) is 5. The molecule has 0 saturated heterocycles. The van der Waals surface area contributed by atoms with E-state index in [1.807, 2.05) is 0 Å². The quantitative estimate of drug-likeness (QED) is 0.739. The molecule has 16 heavy (non-hydrogen) atoms. The maximum Gasteiger partial charge on any atom is 0.233 e. The van der Waals surface area contributed by atoms with Crippen LogP contribution < -0.4 is 10.1 Å². The van der Waals surface area contributed by atoms with Crippen LogP contribution in [0.15, 0.2) is 12.4 Å². The zero-order chi connectivity index (χ0) is 11.8. The molecular formula is C10H16ClN3O2. The fourth-order valence-electron chi connectivity index (χ4n) is 1.15. The number of aromatic nitrogens is 2. The minimum Gasteiger partial charge on any atom is -0.480 e. The first-order chi connectivity index (χ1) is 7.76. The number of ether oxygens (including phenoxy) is 2. The number of methoxy groups -OCH3 is 2. The molecule has 1 N–H and O–H groups in total. The molecule has 1 aromatic heterocycles. The summed E-state index contributed by atoms with van der Waals surface area (Å²) in [5.74, 6) is 1.17. The number of anilines is 1. The molecule has 0 spiro atoms. The largest absolute Gasteiger partial charge is 0.480 e. The summed E-state index contributed by atoms with van der Waals surface area (Å²) in [6.07, 6.45) is 4.00. The highest BCUT2D eigenvalue weighted by Gasteiger charge is 2.04. The first kappa shape index (κ1) is 13.0. The minimum atomic E-state index is 0.0102. The van der Waals surface area contributed by atoms with E-state index in [-0.39, 0.29) is 5.38 Å². The van der Waals surface area contributed by atoms with Gasteiger partial charge in [-0.1, -0.05) is 0 Å². The van der Waals surface area contributed by atoms with Crippen molar-refractivity contribution in [2.75, 3.05) is 32.7 Å². The van der Waals surface area contributed by atoms with Gasteiger partial charge in [0.25, 0.3) is 0 Å². The van der Waals surface area contributed by atoms with E-state index in [1.165, 1.54) is 0 Å². The zero-order valence-corrected chi connectivity index (χ0v) is 10.2. The van der Waals surface area contributed by atoms with Gasteiger partial charge >= 0.3 is 0 Å². The average Bonchev–Trinajstić information content (AvgIpc) is 2.30. The highest BCUT2D eigenvalue weighted by molar-refractivity contribution is 6.20. The van der Waals surface area contributed by atoms with Gasteiger partial charge in [0.2, 0.25) is 5.88 Å². The molecule has 0 aliphatic rings. The van der Waals surface area contributed by atoms with Crippen LogP contribution in [0.1, 0.15) is 6.42 Å². The second-order valence-electron chi connectivity index (χ2n) is 3.21. The Morgan fingerprint density at radius 3 is 2.94 bits per heavy atom. The molecule has 0 saturated carbocycles. The zero-order valence-electron chi connectivity index (χ0n) is 9.44. The summed E-state index contributed by atoms with van der Waals surface area (Å²) in [5.41, 5.74) is 0. The van der Waals surface area contributed by atoms with E-state index >= 15 is 0 Å². The highest BCUT2D eigenvalue weighted by atomic mass is 35.5. The van der Waals surface area contributed by atoms with Gasteiger partial charge in [-0.25, -0.2) is 0 Å². The number of nitrogens with zero attached hydrogens (tertiary/aromatic N) is 2. The minimum absolute atomic E-state index is 0.0102. The van der Waals surface area contributed by atoms with E-state index in [9.17, 15) is 0 Å². The van der Waals surface area contributed by atoms with Gasteiger partial charge in [0, 0.05) is 13.7 Å². The lowest BCUT2D eigenvalue weighted by atomic mass is 10.3. The van der Waals surface area contributed by atoms with E-state index in [4.69, 9.17) is 21.1 Å². The van der Waals surface area contributed by atoms with Crippen molar-refractivity contribution in [3.05, 3.63) is 12.4 Å². The molecule has 0 amide bonds. The summed E-state index contributed by atoms with van der Waals surface area (Å²) in [5, 5.41) is 3.13. The van der Waals surface area contributed by atoms with Crippen LogP contribution in [0.3, 0.4) is 0 Å². The molecule has 1 heterocycles. The second-order valence-corrected chi connectivity index (χ2v) is 3.83. The molecule has 90 valence electrons. The molecule has 1 aromatic rings. The van der Waals surface area contributed by atoms with Crippen molar-refractivity contribution < 1.29 is 9.47 Å². The summed E-state index contributed by atoms with van der Waals surface area (Å²) in [6.45, 7) is 1.27. The summed E-state index contributed by atoms with van der Waals surface area (Å²) < 4.78 is 9.90. The van der Waals surface area contributed by atoms with Crippen molar-refractivity contribution in [1.29, 1.82) is 0 Å². The Morgan fingerprint density at radius 2 is 2.25 bits per heavy atom. The predicted octanol–water partition coefficient (Wildman–Crippen LogP) is 1.54. The number of halogens is 1. The average molecular weight is 246 g/mol. The van der Waals surface area contributed by atoms with Crippen LogP contribution in [-0.4, -0.2) is 42.7 Å². The summed E-state index contributed by atoms with van der Waals surface area (Å²) in [7, 11) is 3.19. The molecule has 0 aromatic carbocycles. The van der Waals surface area contributed by atoms with Crippen molar-refractivity contribution in [1.82, 2.24) is 9.97 Å². The Bertz CT molecular complexity index is 312. The normalized spacial score (nSPS) is 12.2. The molecule has 0 aliphatic heterocycles. The van der Waals surface area contributed by atoms with E-state index in [1.54, 1.807) is 26.6 Å². The van der Waals surface area contributed by atoms with Gasteiger partial charge in [0.05, 0.1) is 31.5 Å². The maximum atomic E-state index is 5.98. The summed E-state index contributed by atoms with van der Waals surface area (Å²) >= 11 is 5.98. The van der Waals surface area contributed by atoms with Crippen LogP contribution in [0, 0.1) is 0 Å². The second kappa shape index (κ2) is 7.24. The molecule has 0 fully saturated rings. The molecule has 0 radical (unpaired) electrons. The summed E-state index contributed by atoms with van der Waals surface area (Å²) in [4.78, 5) is 8.15. The lowest BCUT2D eigenvalue weighted by Gasteiger charge is -2.09. The third kappa shape index (κ3) is 4.63. The Morgan fingerprint density at radius 1 is 1.44 bits per heavy atom. The SMILES string of the molecule is COCC(Cl)CCNc1cncc(OC)n1. The lowest BCUT2D eigenvalue weighted by Crippen LogP contribution is -2.14. The molecule has 1 atom stereocenters. The van der Waals surface area contributed by atoms with Gasteiger partial charge in [-0.2, -0.15) is 4.98 Å². The molecule has 1 rings (SSSR count). The van der Waals surface area contributed by atoms with E-state index in [2.05, 4.69) is 15.3 Å². The van der Waals surface area contributed by atoms with Crippen molar-refractivity contribution in [2.24, 2.45) is 0 Å². The van der Waals surface area contributed by atoms with Crippen molar-refractivity contribution in [3.8, 4) is 5.88 Å². The Kier molecular flexibility index (Phi) is 5.88. The monoisotopic (exact) mass is 245 g/mol. The Balaban J connectivity index is 2.31. The fourth-order valence-corrected chi connectivity index (χ4v) is 1.39. The van der Waals surface area contributed by atoms with Gasteiger partial charge in [-0.3, -0.25) is 4.98 Å². The maximum absolute atomic E-state index is 5.98. The first-order valence-corrected chi connectivity index (χ1v) is 5.42. The molecule has 0 bridgehead atoms. The molecule has 1 unspecified atom stereocenters. The third-order valence-electron chi connectivity index (χ3n) is 1.93. The van der Waals surface area contributed by atoms with Crippen molar-refractivity contribution >= 4 is 17.4 Å². The fraction of sp³-hybridized carbons (Fsp3) is 0.600. The number of alkyl halides is 1. The van der Waals surface area contributed by atoms with E-state index in [0.29, 0.717) is 18.3 Å². The molecule has 6 heteroatoms. The van der Waals surface area contributed by atoms with Crippen LogP contribution in [0.4, 0.5) is 5.82 Å². The van der Waals surface area contributed by atoms with Crippen LogP contribution in [0.5, 0.6) is 5.88 Å². The third-order valence-corrected chi connectivity index (χ3v) is 2.28. The number of rotatable bonds is 7. The molecule has 0 aliphatic carbocycles.